The molecule has 1 unspecified atom stereocenters. The summed E-state index contributed by atoms with van der Waals surface area (Å²) in [5.74, 6) is 0.467. The van der Waals surface area contributed by atoms with Gasteiger partial charge in [0, 0.05) is 5.56 Å². The molecule has 1 N–H and O–H groups in total. The molecule has 32 heavy (non-hydrogen) atoms. The smallest absolute Gasteiger partial charge is 0.124 e. The van der Waals surface area contributed by atoms with Crippen molar-refractivity contribution < 1.29 is 5.11 Å². The molecule has 1 aliphatic heterocycles. The number of phenols is 1. The lowest BCUT2D eigenvalue weighted by Gasteiger charge is -2.37. The fourth-order valence-electron chi connectivity index (χ4n) is 5.01. The zero-order valence-electron chi connectivity index (χ0n) is 20.7. The van der Waals surface area contributed by atoms with E-state index in [1.165, 1.54) is 41.2 Å². The van der Waals surface area contributed by atoms with E-state index in [1.54, 1.807) is 0 Å². The number of benzene rings is 3. The lowest BCUT2D eigenvalue weighted by molar-refractivity contribution is 0.184. The summed E-state index contributed by atoms with van der Waals surface area (Å²) in [5.41, 5.74) is 4.54. The average Bonchev–Trinajstić information content (AvgIpc) is 2.74. The Bertz CT molecular complexity index is 1090. The minimum absolute atomic E-state index is 0.0122. The molecule has 0 aliphatic carbocycles. The summed E-state index contributed by atoms with van der Waals surface area (Å²) in [5, 5.41) is 14.2. The van der Waals surface area contributed by atoms with Gasteiger partial charge in [0.1, 0.15) is 5.75 Å². The summed E-state index contributed by atoms with van der Waals surface area (Å²) in [6.45, 7) is 15.5. The zero-order chi connectivity index (χ0) is 23.1. The number of nitrogens with zero attached hydrogens (tertiary/aromatic N) is 1. The molecule has 170 valence electrons. The van der Waals surface area contributed by atoms with E-state index < -0.39 is 0 Å². The largest absolute Gasteiger partial charge is 0.507 e. The maximum Gasteiger partial charge on any atom is 0.124 e. The second-order valence-electron chi connectivity index (χ2n) is 11.6. The van der Waals surface area contributed by atoms with E-state index in [9.17, 15) is 5.11 Å². The molecule has 1 fully saturated rings. The first-order chi connectivity index (χ1) is 15.1. The maximum absolute atomic E-state index is 11.7. The SMILES string of the molecule is CC(C)(C)c1cc(C(c2ccc3ccccc3c2)N2CCCCC2)c(O)c(C(C)(C)C)c1. The van der Waals surface area contributed by atoms with E-state index in [0.29, 0.717) is 5.75 Å². The van der Waals surface area contributed by atoms with Crippen LogP contribution in [0.15, 0.2) is 54.6 Å². The molecule has 1 heterocycles. The molecule has 0 aromatic heterocycles. The van der Waals surface area contributed by atoms with Crippen molar-refractivity contribution in [3.63, 3.8) is 0 Å². The number of phenolic OH excluding ortho intramolecular Hbond substituents is 1. The lowest BCUT2D eigenvalue weighted by atomic mass is 9.77. The molecule has 0 bridgehead atoms. The van der Waals surface area contributed by atoms with Crippen LogP contribution in [0.5, 0.6) is 5.75 Å². The van der Waals surface area contributed by atoms with E-state index in [0.717, 1.165) is 24.2 Å². The van der Waals surface area contributed by atoms with Crippen molar-refractivity contribution in [3.8, 4) is 5.75 Å². The summed E-state index contributed by atoms with van der Waals surface area (Å²) in [6, 6.07) is 20.0. The molecule has 2 nitrogen and oxygen atoms in total. The second kappa shape index (κ2) is 8.56. The number of rotatable bonds is 3. The topological polar surface area (TPSA) is 23.5 Å². The molecule has 3 aromatic carbocycles. The van der Waals surface area contributed by atoms with Crippen molar-refractivity contribution in [1.29, 1.82) is 0 Å². The Kier molecular flexibility index (Phi) is 6.11. The van der Waals surface area contributed by atoms with Gasteiger partial charge in [0.15, 0.2) is 0 Å². The standard InChI is InChI=1S/C30H39NO/c1-29(2,3)24-19-25(28(32)26(20-24)30(4,5)6)27(31-16-10-7-11-17-31)23-15-14-21-12-8-9-13-22(21)18-23/h8-9,12-15,18-20,27,32H,7,10-11,16-17H2,1-6H3. The minimum Gasteiger partial charge on any atom is -0.507 e. The lowest BCUT2D eigenvalue weighted by Crippen LogP contribution is -2.35. The van der Waals surface area contributed by atoms with Gasteiger partial charge in [-0.1, -0.05) is 90.4 Å². The number of fused-ring (bicyclic) bond motifs is 1. The first kappa shape index (κ1) is 22.9. The summed E-state index contributed by atoms with van der Waals surface area (Å²) < 4.78 is 0. The van der Waals surface area contributed by atoms with E-state index in [4.69, 9.17) is 0 Å². The van der Waals surface area contributed by atoms with Crippen LogP contribution >= 0.6 is 0 Å². The van der Waals surface area contributed by atoms with E-state index in [2.05, 4.69) is 101 Å². The number of piperidine rings is 1. The third kappa shape index (κ3) is 4.57. The number of likely N-dealkylation sites (tertiary alicyclic amines) is 1. The summed E-state index contributed by atoms with van der Waals surface area (Å²) in [7, 11) is 0. The molecule has 1 saturated heterocycles. The van der Waals surface area contributed by atoms with Gasteiger partial charge >= 0.3 is 0 Å². The second-order valence-corrected chi connectivity index (χ2v) is 11.6. The van der Waals surface area contributed by atoms with E-state index in [-0.39, 0.29) is 16.9 Å². The molecule has 1 atom stereocenters. The molecule has 2 heteroatoms. The Morgan fingerprint density at radius 3 is 2.03 bits per heavy atom. The molecule has 0 spiro atoms. The van der Waals surface area contributed by atoms with Gasteiger partial charge in [0.2, 0.25) is 0 Å². The molecule has 1 aliphatic rings. The van der Waals surface area contributed by atoms with Crippen LogP contribution < -0.4 is 0 Å². The van der Waals surface area contributed by atoms with Crippen molar-refractivity contribution in [2.75, 3.05) is 13.1 Å². The van der Waals surface area contributed by atoms with Crippen LogP contribution in [0, 0.1) is 0 Å². The van der Waals surface area contributed by atoms with Gasteiger partial charge in [-0.2, -0.15) is 0 Å². The number of hydrogen-bond donors (Lipinski definition) is 1. The van der Waals surface area contributed by atoms with Crippen molar-refractivity contribution in [1.82, 2.24) is 4.90 Å². The molecule has 3 aromatic rings. The Balaban J connectivity index is 1.96. The normalized spacial score (nSPS) is 16.9. The first-order valence-electron chi connectivity index (χ1n) is 12.2. The van der Waals surface area contributed by atoms with Gasteiger partial charge in [0.05, 0.1) is 6.04 Å². The highest BCUT2D eigenvalue weighted by Gasteiger charge is 2.31. The predicted molar refractivity (Wildman–Crippen MR) is 137 cm³/mol. The summed E-state index contributed by atoms with van der Waals surface area (Å²) in [6.07, 6.45) is 3.73. The fourth-order valence-corrected chi connectivity index (χ4v) is 5.01. The first-order valence-corrected chi connectivity index (χ1v) is 12.2. The van der Waals surface area contributed by atoms with Gasteiger partial charge in [-0.05, 0) is 76.4 Å². The van der Waals surface area contributed by atoms with Crippen LogP contribution in [-0.2, 0) is 10.8 Å². The highest BCUT2D eigenvalue weighted by molar-refractivity contribution is 5.83. The molecule has 0 saturated carbocycles. The average molecular weight is 430 g/mol. The van der Waals surface area contributed by atoms with E-state index in [1.807, 2.05) is 0 Å². The number of hydrogen-bond acceptors (Lipinski definition) is 2. The molecule has 0 amide bonds. The molecular formula is C30H39NO. The molecule has 4 rings (SSSR count). The van der Waals surface area contributed by atoms with Gasteiger partial charge < -0.3 is 5.11 Å². The van der Waals surface area contributed by atoms with Crippen LogP contribution in [0.3, 0.4) is 0 Å². The quantitative estimate of drug-likeness (QED) is 0.461. The highest BCUT2D eigenvalue weighted by atomic mass is 16.3. The minimum atomic E-state index is -0.129. The Morgan fingerprint density at radius 2 is 1.41 bits per heavy atom. The molecular weight excluding hydrogens is 390 g/mol. The summed E-state index contributed by atoms with van der Waals surface area (Å²) in [4.78, 5) is 2.58. The van der Waals surface area contributed by atoms with Crippen molar-refractivity contribution in [3.05, 3.63) is 76.9 Å². The highest BCUT2D eigenvalue weighted by Crippen LogP contribution is 2.44. The van der Waals surface area contributed by atoms with Crippen LogP contribution in [0.1, 0.15) is 89.1 Å². The zero-order valence-corrected chi connectivity index (χ0v) is 20.7. The third-order valence-electron chi connectivity index (χ3n) is 6.95. The predicted octanol–water partition coefficient (Wildman–Crippen LogP) is 7.72. The maximum atomic E-state index is 11.7. The Morgan fingerprint density at radius 1 is 0.750 bits per heavy atom. The summed E-state index contributed by atoms with van der Waals surface area (Å²) >= 11 is 0. The van der Waals surface area contributed by atoms with Crippen molar-refractivity contribution in [2.45, 2.75) is 77.7 Å². The Labute approximate surface area is 194 Å². The van der Waals surface area contributed by atoms with Crippen LogP contribution in [0.25, 0.3) is 10.8 Å². The third-order valence-corrected chi connectivity index (χ3v) is 6.95. The van der Waals surface area contributed by atoms with Crippen molar-refractivity contribution >= 4 is 10.8 Å². The van der Waals surface area contributed by atoms with Crippen LogP contribution in [-0.4, -0.2) is 23.1 Å². The van der Waals surface area contributed by atoms with Gasteiger partial charge in [-0.25, -0.2) is 0 Å². The number of aromatic hydroxyl groups is 1. The van der Waals surface area contributed by atoms with Crippen LogP contribution in [0.2, 0.25) is 0 Å². The Hall–Kier alpha value is -2.32. The van der Waals surface area contributed by atoms with Crippen LogP contribution in [0.4, 0.5) is 0 Å². The monoisotopic (exact) mass is 429 g/mol. The van der Waals surface area contributed by atoms with Gasteiger partial charge in [0.25, 0.3) is 0 Å². The van der Waals surface area contributed by atoms with E-state index >= 15 is 0 Å². The fraction of sp³-hybridized carbons (Fsp3) is 0.467. The molecule has 0 radical (unpaired) electrons. The van der Waals surface area contributed by atoms with Gasteiger partial charge in [-0.3, -0.25) is 4.90 Å². The van der Waals surface area contributed by atoms with Crippen molar-refractivity contribution in [2.24, 2.45) is 0 Å². The van der Waals surface area contributed by atoms with Gasteiger partial charge in [-0.15, -0.1) is 0 Å².